The molecule has 3 amide bonds. The maximum atomic E-state index is 13.3. The zero-order valence-electron chi connectivity index (χ0n) is 19.9. The van der Waals surface area contributed by atoms with Crippen molar-refractivity contribution in [2.24, 2.45) is 27.9 Å². The highest BCUT2D eigenvalue weighted by atomic mass is 16.4. The van der Waals surface area contributed by atoms with Crippen LogP contribution >= 0.6 is 0 Å². The van der Waals surface area contributed by atoms with Gasteiger partial charge in [-0.2, -0.15) is 0 Å². The zero-order chi connectivity index (χ0) is 26.5. The summed E-state index contributed by atoms with van der Waals surface area (Å²) in [4.78, 5) is 55.2. The van der Waals surface area contributed by atoms with Gasteiger partial charge in [-0.25, -0.2) is 4.79 Å². The lowest BCUT2D eigenvalue weighted by Crippen LogP contribution is -2.58. The van der Waals surface area contributed by atoms with Gasteiger partial charge in [0, 0.05) is 13.1 Å². The molecule has 1 aliphatic rings. The fourth-order valence-electron chi connectivity index (χ4n) is 3.43. The van der Waals surface area contributed by atoms with E-state index in [2.05, 4.69) is 15.6 Å². The standard InChI is InChI=1S/C21H38N8O6/c1-12(30)16(23)18(32)27-13(6-2-3-9-22)19(33)29-11-5-8-15(29)17(31)28-14(20(34)35)7-4-10-26-21(24)25/h5,8,12-16,30H,2-4,6-7,9-11,22-23H2,1H3,(H,27,32)(H,28,31)(H,34,35)(H4,24,25,26)/t12-,13+,14+,15+,16+/m1/s1. The van der Waals surface area contributed by atoms with Gasteiger partial charge in [-0.05, 0) is 45.6 Å². The van der Waals surface area contributed by atoms with Crippen LogP contribution in [0, 0.1) is 0 Å². The molecule has 0 fully saturated rings. The quantitative estimate of drug-likeness (QED) is 0.0483. The minimum Gasteiger partial charge on any atom is -0.480 e. The molecule has 0 saturated carbocycles. The fourth-order valence-corrected chi connectivity index (χ4v) is 3.43. The lowest BCUT2D eigenvalue weighted by molar-refractivity contribution is -0.144. The SMILES string of the molecule is C[C@@H](O)[C@H](N)C(=O)N[C@@H](CCCCN)C(=O)N1CC=C[C@H]1C(=O)N[C@@H](CCCN=C(N)N)C(=O)O. The third-order valence-corrected chi connectivity index (χ3v) is 5.45. The highest BCUT2D eigenvalue weighted by Gasteiger charge is 2.36. The Morgan fingerprint density at radius 3 is 2.34 bits per heavy atom. The van der Waals surface area contributed by atoms with E-state index in [0.717, 1.165) is 0 Å². The number of amides is 3. The molecule has 0 bridgehead atoms. The van der Waals surface area contributed by atoms with Crippen molar-refractivity contribution >= 4 is 29.7 Å². The summed E-state index contributed by atoms with van der Waals surface area (Å²) in [5.41, 5.74) is 21.7. The van der Waals surface area contributed by atoms with Crippen molar-refractivity contribution in [3.8, 4) is 0 Å². The number of hydrogen-bond donors (Lipinski definition) is 8. The van der Waals surface area contributed by atoms with Crippen molar-refractivity contribution in [3.05, 3.63) is 12.2 Å². The monoisotopic (exact) mass is 498 g/mol. The molecule has 5 atom stereocenters. The van der Waals surface area contributed by atoms with Crippen molar-refractivity contribution in [2.45, 2.75) is 69.3 Å². The highest BCUT2D eigenvalue weighted by Crippen LogP contribution is 2.15. The predicted octanol–water partition coefficient (Wildman–Crippen LogP) is -3.30. The number of carbonyl (C=O) groups excluding carboxylic acids is 3. The van der Waals surface area contributed by atoms with E-state index in [4.69, 9.17) is 22.9 Å². The van der Waals surface area contributed by atoms with E-state index in [1.165, 1.54) is 17.9 Å². The number of carboxylic acids is 1. The van der Waals surface area contributed by atoms with E-state index in [0.29, 0.717) is 25.8 Å². The van der Waals surface area contributed by atoms with Crippen LogP contribution in [0.25, 0.3) is 0 Å². The Hall–Kier alpha value is -3.23. The highest BCUT2D eigenvalue weighted by molar-refractivity contribution is 5.95. The van der Waals surface area contributed by atoms with E-state index in [9.17, 15) is 29.4 Å². The molecule has 0 aromatic rings. The van der Waals surface area contributed by atoms with Gasteiger partial charge in [0.25, 0.3) is 0 Å². The third-order valence-electron chi connectivity index (χ3n) is 5.45. The first-order valence-corrected chi connectivity index (χ1v) is 11.5. The number of unbranched alkanes of at least 4 members (excludes halogenated alkanes) is 1. The fraction of sp³-hybridized carbons (Fsp3) is 0.667. The normalized spacial score (nSPS) is 18.3. The average Bonchev–Trinajstić information content (AvgIpc) is 3.29. The number of nitrogens with two attached hydrogens (primary N) is 4. The number of hydrogen-bond acceptors (Lipinski definition) is 8. The molecular weight excluding hydrogens is 460 g/mol. The number of rotatable bonds is 15. The Bertz CT molecular complexity index is 799. The summed E-state index contributed by atoms with van der Waals surface area (Å²) >= 11 is 0. The van der Waals surface area contributed by atoms with Crippen LogP contribution in [0.3, 0.4) is 0 Å². The van der Waals surface area contributed by atoms with Crippen LogP contribution in [0.5, 0.6) is 0 Å². The van der Waals surface area contributed by atoms with Crippen molar-refractivity contribution < 1.29 is 29.4 Å². The van der Waals surface area contributed by atoms with Gasteiger partial charge < -0.3 is 48.7 Å². The number of carbonyl (C=O) groups is 4. The maximum absolute atomic E-state index is 13.3. The van der Waals surface area contributed by atoms with Crippen LogP contribution in [-0.4, -0.2) is 94.7 Å². The first-order chi connectivity index (χ1) is 16.5. The van der Waals surface area contributed by atoms with E-state index in [1.54, 1.807) is 6.08 Å². The lowest BCUT2D eigenvalue weighted by atomic mass is 10.1. The molecule has 0 unspecified atom stereocenters. The van der Waals surface area contributed by atoms with E-state index in [-0.39, 0.29) is 31.9 Å². The van der Waals surface area contributed by atoms with Crippen LogP contribution in [0.4, 0.5) is 0 Å². The van der Waals surface area contributed by atoms with Crippen LogP contribution in [-0.2, 0) is 19.2 Å². The summed E-state index contributed by atoms with van der Waals surface area (Å²) in [6.45, 7) is 2.06. The second kappa shape index (κ2) is 14.9. The number of aliphatic carboxylic acids is 1. The number of aliphatic imine (C=N–C) groups is 1. The topological polar surface area (TPSA) is 252 Å². The van der Waals surface area contributed by atoms with Gasteiger partial charge in [-0.1, -0.05) is 12.2 Å². The van der Waals surface area contributed by atoms with Gasteiger partial charge in [0.15, 0.2) is 5.96 Å². The number of aliphatic hydroxyl groups excluding tert-OH is 1. The molecule has 14 nitrogen and oxygen atoms in total. The third kappa shape index (κ3) is 9.88. The molecule has 1 heterocycles. The van der Waals surface area contributed by atoms with Gasteiger partial charge in [0.1, 0.15) is 24.2 Å². The number of aliphatic hydroxyl groups is 1. The van der Waals surface area contributed by atoms with Gasteiger partial charge in [-0.3, -0.25) is 19.4 Å². The number of guanidine groups is 1. The Morgan fingerprint density at radius 2 is 1.77 bits per heavy atom. The molecule has 0 aliphatic carbocycles. The molecule has 198 valence electrons. The van der Waals surface area contributed by atoms with Gasteiger partial charge in [0.05, 0.1) is 6.10 Å². The van der Waals surface area contributed by atoms with Crippen LogP contribution < -0.4 is 33.6 Å². The molecule has 12 N–H and O–H groups in total. The minimum atomic E-state index is -1.23. The Kier molecular flexibility index (Phi) is 12.7. The van der Waals surface area contributed by atoms with E-state index >= 15 is 0 Å². The number of carboxylic acid groups (broad SMARTS) is 1. The largest absolute Gasteiger partial charge is 0.480 e. The van der Waals surface area contributed by atoms with Gasteiger partial charge in [0.2, 0.25) is 17.7 Å². The number of nitrogens with one attached hydrogen (secondary N) is 2. The molecular formula is C21H38N8O6. The Morgan fingerprint density at radius 1 is 1.11 bits per heavy atom. The smallest absolute Gasteiger partial charge is 0.326 e. The van der Waals surface area contributed by atoms with E-state index in [1.807, 2.05) is 0 Å². The van der Waals surface area contributed by atoms with Gasteiger partial charge >= 0.3 is 5.97 Å². The summed E-state index contributed by atoms with van der Waals surface area (Å²) in [7, 11) is 0. The summed E-state index contributed by atoms with van der Waals surface area (Å²) < 4.78 is 0. The van der Waals surface area contributed by atoms with Crippen molar-refractivity contribution in [1.29, 1.82) is 0 Å². The van der Waals surface area contributed by atoms with Crippen molar-refractivity contribution in [2.75, 3.05) is 19.6 Å². The molecule has 1 aliphatic heterocycles. The van der Waals surface area contributed by atoms with E-state index < -0.39 is 54.0 Å². The maximum Gasteiger partial charge on any atom is 0.326 e. The molecule has 0 saturated heterocycles. The Labute approximate surface area is 204 Å². The molecule has 1 rings (SSSR count). The molecule has 0 spiro atoms. The lowest BCUT2D eigenvalue weighted by Gasteiger charge is -2.30. The molecule has 0 aromatic carbocycles. The van der Waals surface area contributed by atoms with Crippen LogP contribution in [0.1, 0.15) is 39.0 Å². The predicted molar refractivity (Wildman–Crippen MR) is 129 cm³/mol. The molecule has 0 radical (unpaired) electrons. The van der Waals surface area contributed by atoms with Gasteiger partial charge in [-0.15, -0.1) is 0 Å². The molecule has 14 heteroatoms. The number of nitrogens with zero attached hydrogens (tertiary/aromatic N) is 2. The van der Waals surface area contributed by atoms with Crippen molar-refractivity contribution in [1.82, 2.24) is 15.5 Å². The minimum absolute atomic E-state index is 0.0806. The summed E-state index contributed by atoms with van der Waals surface area (Å²) in [5, 5.41) is 24.1. The Balaban J connectivity index is 2.90. The molecule has 35 heavy (non-hydrogen) atoms. The second-order valence-corrected chi connectivity index (χ2v) is 8.32. The van der Waals surface area contributed by atoms with Crippen LogP contribution in [0.15, 0.2) is 17.1 Å². The summed E-state index contributed by atoms with van der Waals surface area (Å²) in [6, 6.07) is -4.48. The first-order valence-electron chi connectivity index (χ1n) is 11.5. The first kappa shape index (κ1) is 29.8. The zero-order valence-corrected chi connectivity index (χ0v) is 19.9. The summed E-state index contributed by atoms with van der Waals surface area (Å²) in [5.74, 6) is -3.26. The van der Waals surface area contributed by atoms with Crippen LogP contribution in [0.2, 0.25) is 0 Å². The summed E-state index contributed by atoms with van der Waals surface area (Å²) in [6.07, 6.45) is 3.77. The average molecular weight is 499 g/mol. The second-order valence-electron chi connectivity index (χ2n) is 8.32. The molecule has 0 aromatic heterocycles. The van der Waals surface area contributed by atoms with Crippen molar-refractivity contribution in [3.63, 3.8) is 0 Å².